The molecule has 18 heavy (non-hydrogen) atoms. The SMILES string of the molecule is CCOP(=O)(OCC)C(F)(F)C#Cc1cccs1. The Labute approximate surface area is 109 Å². The quantitative estimate of drug-likeness (QED) is 0.609. The van der Waals surface area contributed by atoms with Crippen LogP contribution in [0.2, 0.25) is 0 Å². The lowest BCUT2D eigenvalue weighted by Gasteiger charge is -2.21. The Bertz CT molecular complexity index is 466. The summed E-state index contributed by atoms with van der Waals surface area (Å²) in [7, 11) is -4.54. The Balaban J connectivity index is 2.98. The molecule has 0 saturated carbocycles. The van der Waals surface area contributed by atoms with Gasteiger partial charge in [0.25, 0.3) is 0 Å². The molecule has 0 aliphatic rings. The number of hydrogen-bond donors (Lipinski definition) is 0. The van der Waals surface area contributed by atoms with Gasteiger partial charge in [-0.1, -0.05) is 6.07 Å². The maximum absolute atomic E-state index is 13.8. The van der Waals surface area contributed by atoms with Crippen molar-refractivity contribution in [2.75, 3.05) is 13.2 Å². The zero-order valence-corrected chi connectivity index (χ0v) is 11.7. The van der Waals surface area contributed by atoms with Gasteiger partial charge in [-0.2, -0.15) is 8.78 Å². The van der Waals surface area contributed by atoms with Crippen LogP contribution in [0.15, 0.2) is 17.5 Å². The Morgan fingerprint density at radius 3 is 2.44 bits per heavy atom. The highest BCUT2D eigenvalue weighted by molar-refractivity contribution is 7.55. The third-order valence-corrected chi connectivity index (χ3v) is 4.58. The second kappa shape index (κ2) is 6.44. The van der Waals surface area contributed by atoms with E-state index in [2.05, 4.69) is 15.0 Å². The smallest absolute Gasteiger partial charge is 0.304 e. The van der Waals surface area contributed by atoms with Crippen LogP contribution in [-0.2, 0) is 13.6 Å². The molecule has 0 amide bonds. The minimum Gasteiger partial charge on any atom is -0.304 e. The summed E-state index contributed by atoms with van der Waals surface area (Å²) in [5.41, 5.74) is -3.82. The molecule has 0 N–H and O–H groups in total. The zero-order valence-electron chi connectivity index (χ0n) is 9.98. The molecule has 0 aliphatic carbocycles. The van der Waals surface area contributed by atoms with Gasteiger partial charge in [-0.15, -0.1) is 11.3 Å². The second-order valence-electron chi connectivity index (χ2n) is 3.10. The standard InChI is InChI=1S/C11H13F2O3PS/c1-3-15-17(14,16-4-2)11(12,13)8-7-10-6-5-9-18-10/h5-6,9H,3-4H2,1-2H3. The number of alkyl halides is 2. The van der Waals surface area contributed by atoms with E-state index >= 15 is 0 Å². The number of rotatable bonds is 5. The Hall–Kier alpha value is -0.730. The van der Waals surface area contributed by atoms with Gasteiger partial charge in [0.15, 0.2) is 0 Å². The largest absolute Gasteiger partial charge is 0.412 e. The van der Waals surface area contributed by atoms with Crippen molar-refractivity contribution in [3.8, 4) is 11.8 Å². The van der Waals surface area contributed by atoms with Gasteiger partial charge in [-0.3, -0.25) is 4.57 Å². The molecule has 0 bridgehead atoms. The summed E-state index contributed by atoms with van der Waals surface area (Å²) in [5.74, 6) is 3.96. The average molecular weight is 294 g/mol. The minimum absolute atomic E-state index is 0.131. The molecule has 3 nitrogen and oxygen atoms in total. The first-order valence-electron chi connectivity index (χ1n) is 5.29. The molecule has 1 aromatic rings. The molecule has 1 rings (SSSR count). The van der Waals surface area contributed by atoms with Gasteiger partial charge >= 0.3 is 13.3 Å². The van der Waals surface area contributed by atoms with Gasteiger partial charge in [-0.25, -0.2) is 0 Å². The maximum Gasteiger partial charge on any atom is 0.412 e. The third-order valence-electron chi connectivity index (χ3n) is 1.80. The average Bonchev–Trinajstić information content (AvgIpc) is 2.80. The first kappa shape index (κ1) is 15.3. The van der Waals surface area contributed by atoms with Crippen LogP contribution in [0.25, 0.3) is 0 Å². The van der Waals surface area contributed by atoms with E-state index in [0.717, 1.165) is 0 Å². The van der Waals surface area contributed by atoms with Crippen molar-refractivity contribution in [3.05, 3.63) is 22.4 Å². The highest BCUT2D eigenvalue weighted by Gasteiger charge is 2.52. The third kappa shape index (κ3) is 3.63. The highest BCUT2D eigenvalue weighted by atomic mass is 32.1. The lowest BCUT2D eigenvalue weighted by Crippen LogP contribution is -2.18. The number of thiophene rings is 1. The van der Waals surface area contributed by atoms with Crippen LogP contribution in [0, 0.1) is 11.8 Å². The topological polar surface area (TPSA) is 35.5 Å². The van der Waals surface area contributed by atoms with Crippen LogP contribution < -0.4 is 0 Å². The Kier molecular flexibility index (Phi) is 5.48. The van der Waals surface area contributed by atoms with Crippen LogP contribution in [0.1, 0.15) is 18.7 Å². The molecular formula is C11H13F2O3PS. The number of halogens is 2. The number of hydrogen-bond acceptors (Lipinski definition) is 4. The molecule has 7 heteroatoms. The molecule has 0 aliphatic heterocycles. The lowest BCUT2D eigenvalue weighted by atomic mass is 10.4. The van der Waals surface area contributed by atoms with E-state index in [0.29, 0.717) is 4.88 Å². The molecular weight excluding hydrogens is 281 g/mol. The lowest BCUT2D eigenvalue weighted by molar-refractivity contribution is 0.0870. The zero-order chi connectivity index (χ0) is 13.6. The molecule has 1 aromatic heterocycles. The van der Waals surface area contributed by atoms with Gasteiger partial charge in [0.1, 0.15) is 0 Å². The fourth-order valence-corrected chi connectivity index (χ4v) is 2.94. The van der Waals surface area contributed by atoms with Crippen molar-refractivity contribution in [1.82, 2.24) is 0 Å². The van der Waals surface area contributed by atoms with Gasteiger partial charge in [0.2, 0.25) is 0 Å². The molecule has 0 unspecified atom stereocenters. The maximum atomic E-state index is 13.8. The van der Waals surface area contributed by atoms with E-state index in [1.165, 1.54) is 25.2 Å². The summed E-state index contributed by atoms with van der Waals surface area (Å²) in [5, 5.41) is 1.72. The molecule has 100 valence electrons. The van der Waals surface area contributed by atoms with E-state index < -0.39 is 13.3 Å². The summed E-state index contributed by atoms with van der Waals surface area (Å²) in [6.07, 6.45) is 0. The molecule has 0 saturated heterocycles. The fourth-order valence-electron chi connectivity index (χ4n) is 1.09. The van der Waals surface area contributed by atoms with E-state index in [9.17, 15) is 13.3 Å². The van der Waals surface area contributed by atoms with Crippen LogP contribution in [0.5, 0.6) is 0 Å². The van der Waals surface area contributed by atoms with E-state index in [4.69, 9.17) is 0 Å². The van der Waals surface area contributed by atoms with E-state index in [1.807, 2.05) is 0 Å². The van der Waals surface area contributed by atoms with Crippen LogP contribution in [0.3, 0.4) is 0 Å². The van der Waals surface area contributed by atoms with Crippen molar-refractivity contribution in [2.45, 2.75) is 19.5 Å². The predicted molar refractivity (Wildman–Crippen MR) is 67.0 cm³/mol. The van der Waals surface area contributed by atoms with Gasteiger partial charge < -0.3 is 9.05 Å². The van der Waals surface area contributed by atoms with Crippen LogP contribution in [-0.4, -0.2) is 18.9 Å². The van der Waals surface area contributed by atoms with Crippen molar-refractivity contribution in [2.24, 2.45) is 0 Å². The Morgan fingerprint density at radius 2 is 2.00 bits per heavy atom. The fraction of sp³-hybridized carbons (Fsp3) is 0.455. The van der Waals surface area contributed by atoms with E-state index in [1.54, 1.807) is 23.4 Å². The first-order chi connectivity index (χ1) is 8.45. The minimum atomic E-state index is -4.54. The molecule has 0 atom stereocenters. The molecule has 0 spiro atoms. The van der Waals surface area contributed by atoms with E-state index in [-0.39, 0.29) is 13.2 Å². The van der Waals surface area contributed by atoms with Crippen LogP contribution in [0.4, 0.5) is 8.78 Å². The van der Waals surface area contributed by atoms with Crippen molar-refractivity contribution >= 4 is 18.9 Å². The van der Waals surface area contributed by atoms with Crippen molar-refractivity contribution in [1.29, 1.82) is 0 Å². The Morgan fingerprint density at radius 1 is 1.39 bits per heavy atom. The van der Waals surface area contributed by atoms with Gasteiger partial charge in [-0.05, 0) is 37.1 Å². The van der Waals surface area contributed by atoms with Crippen LogP contribution >= 0.6 is 18.9 Å². The molecule has 1 heterocycles. The summed E-state index contributed by atoms with van der Waals surface area (Å²) >= 11 is 1.22. The molecule has 0 fully saturated rings. The summed E-state index contributed by atoms with van der Waals surface area (Å²) in [4.78, 5) is 0.467. The summed E-state index contributed by atoms with van der Waals surface area (Å²) in [6, 6.07) is 3.29. The summed E-state index contributed by atoms with van der Waals surface area (Å²) < 4.78 is 48.6. The molecule has 0 aromatic carbocycles. The first-order valence-corrected chi connectivity index (χ1v) is 7.71. The van der Waals surface area contributed by atoms with Crippen molar-refractivity contribution in [3.63, 3.8) is 0 Å². The predicted octanol–water partition coefficient (Wildman–Crippen LogP) is 3.96. The molecule has 0 radical (unpaired) electrons. The van der Waals surface area contributed by atoms with Crippen molar-refractivity contribution < 1.29 is 22.4 Å². The van der Waals surface area contributed by atoms with Gasteiger partial charge in [0, 0.05) is 0 Å². The second-order valence-corrected chi connectivity index (χ2v) is 6.12. The normalized spacial score (nSPS) is 12.0. The summed E-state index contributed by atoms with van der Waals surface area (Å²) in [6.45, 7) is 2.67. The highest BCUT2D eigenvalue weighted by Crippen LogP contribution is 2.61. The van der Waals surface area contributed by atoms with Gasteiger partial charge in [0.05, 0.1) is 18.1 Å². The monoisotopic (exact) mass is 294 g/mol.